The van der Waals surface area contributed by atoms with E-state index in [9.17, 15) is 13.2 Å². The lowest BCUT2D eigenvalue weighted by atomic mass is 9.80. The van der Waals surface area contributed by atoms with Gasteiger partial charge in [-0.3, -0.25) is 4.79 Å². The summed E-state index contributed by atoms with van der Waals surface area (Å²) < 4.78 is 24.1. The van der Waals surface area contributed by atoms with E-state index in [1.807, 2.05) is 0 Å². The third-order valence-corrected chi connectivity index (χ3v) is 8.29. The third kappa shape index (κ3) is 3.72. The highest BCUT2D eigenvalue weighted by Gasteiger charge is 2.63. The van der Waals surface area contributed by atoms with Crippen LogP contribution in [0.2, 0.25) is 4.34 Å². The molecule has 0 spiro atoms. The Bertz CT molecular complexity index is 981. The predicted octanol–water partition coefficient (Wildman–Crippen LogP) is 4.68. The number of sulfone groups is 1. The van der Waals surface area contributed by atoms with Gasteiger partial charge in [-0.2, -0.15) is 0 Å². The Morgan fingerprint density at radius 2 is 1.89 bits per heavy atom. The molecule has 1 N–H and O–H groups in total. The summed E-state index contributed by atoms with van der Waals surface area (Å²) in [6.45, 7) is 0. The third-order valence-electron chi connectivity index (χ3n) is 6.13. The number of carbonyl (C=O) groups excluding carboxylic acids is 1. The van der Waals surface area contributed by atoms with Gasteiger partial charge in [-0.05, 0) is 36.0 Å². The summed E-state index contributed by atoms with van der Waals surface area (Å²) in [4.78, 5) is 17.8. The summed E-state index contributed by atoms with van der Waals surface area (Å²) >= 11 is 7.19. The number of benzene rings is 1. The second-order valence-electron chi connectivity index (χ2n) is 7.90. The Kier molecular flexibility index (Phi) is 5.27. The fraction of sp³-hybridized carbons (Fsp3) is 0.500. The molecule has 4 rings (SSSR count). The normalized spacial score (nSPS) is 25.4. The van der Waals surface area contributed by atoms with Gasteiger partial charge in [-0.15, -0.1) is 0 Å². The van der Waals surface area contributed by atoms with Crippen molar-refractivity contribution in [2.45, 2.75) is 48.8 Å². The fourth-order valence-electron chi connectivity index (χ4n) is 4.64. The second kappa shape index (κ2) is 7.43. The number of carbonyl (C=O) groups is 1. The number of rotatable bonds is 5. The van der Waals surface area contributed by atoms with Gasteiger partial charge in [0.15, 0.2) is 15.0 Å². The number of nitrogens with one attached hydrogen (secondary N) is 1. The Morgan fingerprint density at radius 1 is 1.21 bits per heavy atom. The molecule has 1 heterocycles. The highest BCUT2D eigenvalue weighted by molar-refractivity contribution is 7.90. The van der Waals surface area contributed by atoms with Gasteiger partial charge in [0.1, 0.15) is 4.34 Å². The number of anilines is 1. The van der Waals surface area contributed by atoms with E-state index in [4.69, 9.17) is 11.6 Å². The zero-order valence-electron chi connectivity index (χ0n) is 15.7. The lowest BCUT2D eigenvalue weighted by Crippen LogP contribution is -2.32. The maximum Gasteiger partial charge on any atom is 0.237 e. The number of nitrogens with zero attached hydrogens (tertiary/aromatic N) is 1. The van der Waals surface area contributed by atoms with Gasteiger partial charge >= 0.3 is 0 Å². The monoisotopic (exact) mass is 438 g/mol. The van der Waals surface area contributed by atoms with Crippen LogP contribution in [0.5, 0.6) is 0 Å². The van der Waals surface area contributed by atoms with Gasteiger partial charge in [-0.1, -0.05) is 67.2 Å². The molecule has 2 aromatic rings. The molecule has 2 saturated carbocycles. The number of halogens is 1. The number of hydrogen-bond donors (Lipinski definition) is 1. The molecule has 2 aliphatic carbocycles. The van der Waals surface area contributed by atoms with Crippen LogP contribution in [0.1, 0.15) is 44.1 Å². The number of amides is 1. The number of aromatic nitrogens is 1. The first kappa shape index (κ1) is 19.9. The van der Waals surface area contributed by atoms with Gasteiger partial charge < -0.3 is 5.32 Å². The van der Waals surface area contributed by atoms with Crippen molar-refractivity contribution < 1.29 is 13.2 Å². The van der Waals surface area contributed by atoms with Crippen molar-refractivity contribution in [3.8, 4) is 0 Å². The van der Waals surface area contributed by atoms with Crippen LogP contribution in [-0.2, 0) is 20.0 Å². The highest BCUT2D eigenvalue weighted by Crippen LogP contribution is 2.61. The molecule has 0 saturated heterocycles. The molecular weight excluding hydrogens is 416 g/mol. The minimum absolute atomic E-state index is 0.0683. The SMILES string of the molecule is CS(=O)(=O)c1ccc(C2(C(=O)Nc3ncc(Cl)s3)CC2C2CCCCC2)cc1. The highest BCUT2D eigenvalue weighted by atomic mass is 35.5. The zero-order chi connectivity index (χ0) is 19.9. The van der Waals surface area contributed by atoms with E-state index in [1.54, 1.807) is 24.3 Å². The largest absolute Gasteiger partial charge is 0.301 e. The van der Waals surface area contributed by atoms with E-state index < -0.39 is 15.3 Å². The van der Waals surface area contributed by atoms with Crippen molar-refractivity contribution in [3.05, 3.63) is 40.4 Å². The van der Waals surface area contributed by atoms with Crippen molar-refractivity contribution in [3.63, 3.8) is 0 Å². The molecule has 2 atom stereocenters. The van der Waals surface area contributed by atoms with E-state index in [1.165, 1.54) is 43.1 Å². The lowest BCUT2D eigenvalue weighted by molar-refractivity contribution is -0.119. The van der Waals surface area contributed by atoms with E-state index in [-0.39, 0.29) is 16.7 Å². The molecule has 0 radical (unpaired) electrons. The zero-order valence-corrected chi connectivity index (χ0v) is 18.0. The average molecular weight is 439 g/mol. The molecule has 2 unspecified atom stereocenters. The van der Waals surface area contributed by atoms with Crippen molar-refractivity contribution in [1.82, 2.24) is 4.98 Å². The Morgan fingerprint density at radius 3 is 2.46 bits per heavy atom. The maximum atomic E-state index is 13.3. The van der Waals surface area contributed by atoms with E-state index in [0.29, 0.717) is 15.4 Å². The first-order chi connectivity index (χ1) is 13.3. The maximum absolute atomic E-state index is 13.3. The molecule has 2 aliphatic rings. The summed E-state index contributed by atoms with van der Waals surface area (Å²) in [6, 6.07) is 6.81. The van der Waals surface area contributed by atoms with Crippen LogP contribution in [-0.4, -0.2) is 25.6 Å². The van der Waals surface area contributed by atoms with Crippen LogP contribution in [0.3, 0.4) is 0 Å². The van der Waals surface area contributed by atoms with Crippen molar-refractivity contribution >= 4 is 43.8 Å². The van der Waals surface area contributed by atoms with Crippen LogP contribution in [0.25, 0.3) is 0 Å². The standard InChI is InChI=1S/C20H23ClN2O3S2/c1-28(25,26)15-9-7-14(8-10-15)20(11-16(20)13-5-3-2-4-6-13)18(24)23-19-22-12-17(21)27-19/h7-10,12-13,16H,2-6,11H2,1H3,(H,22,23,24). The molecule has 1 aromatic carbocycles. The van der Waals surface area contributed by atoms with Crippen molar-refractivity contribution in [1.29, 1.82) is 0 Å². The molecule has 0 bridgehead atoms. The molecule has 150 valence electrons. The number of hydrogen-bond acceptors (Lipinski definition) is 5. The van der Waals surface area contributed by atoms with Gasteiger partial charge in [0.25, 0.3) is 0 Å². The molecule has 1 amide bonds. The minimum atomic E-state index is -3.27. The van der Waals surface area contributed by atoms with E-state index >= 15 is 0 Å². The van der Waals surface area contributed by atoms with Gasteiger partial charge in [-0.25, -0.2) is 13.4 Å². The first-order valence-corrected chi connectivity index (χ1v) is 12.6. The van der Waals surface area contributed by atoms with Crippen LogP contribution >= 0.6 is 22.9 Å². The fourth-order valence-corrected chi connectivity index (χ4v) is 6.08. The molecule has 0 aliphatic heterocycles. The average Bonchev–Trinajstić information content (AvgIpc) is 3.32. The predicted molar refractivity (Wildman–Crippen MR) is 112 cm³/mol. The lowest BCUT2D eigenvalue weighted by Gasteiger charge is -2.25. The van der Waals surface area contributed by atoms with Crippen LogP contribution in [0, 0.1) is 11.8 Å². The van der Waals surface area contributed by atoms with Crippen molar-refractivity contribution in [2.75, 3.05) is 11.6 Å². The van der Waals surface area contributed by atoms with Gasteiger partial charge in [0.05, 0.1) is 16.5 Å². The quantitative estimate of drug-likeness (QED) is 0.735. The molecule has 2 fully saturated rings. The van der Waals surface area contributed by atoms with Crippen LogP contribution < -0.4 is 5.32 Å². The Labute approximate surface area is 174 Å². The summed E-state index contributed by atoms with van der Waals surface area (Å²) in [7, 11) is -3.27. The first-order valence-electron chi connectivity index (χ1n) is 9.54. The van der Waals surface area contributed by atoms with Crippen LogP contribution in [0.15, 0.2) is 35.4 Å². The minimum Gasteiger partial charge on any atom is -0.301 e. The van der Waals surface area contributed by atoms with Gasteiger partial charge in [0.2, 0.25) is 5.91 Å². The molecule has 1 aromatic heterocycles. The van der Waals surface area contributed by atoms with Gasteiger partial charge in [0, 0.05) is 6.26 Å². The van der Waals surface area contributed by atoms with Crippen LogP contribution in [0.4, 0.5) is 5.13 Å². The Hall–Kier alpha value is -1.44. The molecule has 28 heavy (non-hydrogen) atoms. The summed E-state index contributed by atoms with van der Waals surface area (Å²) in [6.07, 6.45) is 9.53. The molecule has 8 heteroatoms. The summed E-state index contributed by atoms with van der Waals surface area (Å²) in [5.74, 6) is 0.752. The smallest absolute Gasteiger partial charge is 0.237 e. The van der Waals surface area contributed by atoms with E-state index in [0.717, 1.165) is 24.8 Å². The van der Waals surface area contributed by atoms with E-state index in [2.05, 4.69) is 10.3 Å². The topological polar surface area (TPSA) is 76.1 Å². The number of thiazole rings is 1. The second-order valence-corrected chi connectivity index (χ2v) is 11.6. The Balaban J connectivity index is 1.65. The molecule has 5 nitrogen and oxygen atoms in total. The molecular formula is C20H23ClN2O3S2. The van der Waals surface area contributed by atoms with Crippen molar-refractivity contribution in [2.24, 2.45) is 11.8 Å². The summed E-state index contributed by atoms with van der Waals surface area (Å²) in [5.41, 5.74) is 0.270. The summed E-state index contributed by atoms with van der Waals surface area (Å²) in [5, 5.41) is 3.44.